The third kappa shape index (κ3) is 2.83. The molecule has 118 valence electrons. The largest absolute Gasteiger partial charge is 0.376 e. The summed E-state index contributed by atoms with van der Waals surface area (Å²) in [6.07, 6.45) is 3.75. The minimum Gasteiger partial charge on any atom is -0.376 e. The highest BCUT2D eigenvalue weighted by molar-refractivity contribution is 6.01. The molecule has 0 bridgehead atoms. The molecule has 1 saturated heterocycles. The number of carbonyl (C=O) groups excluding carboxylic acids is 2. The lowest BCUT2D eigenvalue weighted by atomic mass is 9.93. The van der Waals surface area contributed by atoms with Crippen molar-refractivity contribution in [2.75, 3.05) is 6.61 Å². The van der Waals surface area contributed by atoms with Gasteiger partial charge in [-0.15, -0.1) is 0 Å². The molecule has 0 saturated carbocycles. The van der Waals surface area contributed by atoms with Crippen LogP contribution in [-0.4, -0.2) is 35.4 Å². The number of ketones is 1. The Morgan fingerprint density at radius 2 is 2.18 bits per heavy atom. The van der Waals surface area contributed by atoms with Gasteiger partial charge >= 0.3 is 0 Å². The fourth-order valence-corrected chi connectivity index (χ4v) is 3.12. The zero-order valence-electron chi connectivity index (χ0n) is 12.6. The number of fused-ring (bicyclic) bond motifs is 1. The Morgan fingerprint density at radius 3 is 2.91 bits per heavy atom. The van der Waals surface area contributed by atoms with Gasteiger partial charge in [0, 0.05) is 24.3 Å². The van der Waals surface area contributed by atoms with Crippen LogP contribution in [0.2, 0.25) is 0 Å². The van der Waals surface area contributed by atoms with Crippen LogP contribution in [0.3, 0.4) is 0 Å². The van der Waals surface area contributed by atoms with Crippen LogP contribution in [0.4, 0.5) is 0 Å². The number of aromatic amines is 1. The van der Waals surface area contributed by atoms with Gasteiger partial charge in [-0.1, -0.05) is 0 Å². The fraction of sp³-hybridized carbons (Fsp3) is 0.562. The molecule has 1 aliphatic carbocycles. The summed E-state index contributed by atoms with van der Waals surface area (Å²) in [6.45, 7) is 2.57. The van der Waals surface area contributed by atoms with E-state index in [0.29, 0.717) is 30.7 Å². The molecule has 0 aromatic carbocycles. The van der Waals surface area contributed by atoms with Crippen molar-refractivity contribution >= 4 is 11.7 Å². The van der Waals surface area contributed by atoms with E-state index < -0.39 is 11.5 Å². The third-order valence-corrected chi connectivity index (χ3v) is 4.38. The Labute approximate surface area is 128 Å². The molecule has 2 atom stereocenters. The van der Waals surface area contributed by atoms with Gasteiger partial charge in [-0.3, -0.25) is 14.4 Å². The monoisotopic (exact) mass is 304 g/mol. The molecule has 0 spiro atoms. The molecular weight excluding hydrogens is 284 g/mol. The number of H-pyrrole nitrogens is 1. The molecule has 2 N–H and O–H groups in total. The third-order valence-electron chi connectivity index (χ3n) is 4.38. The minimum atomic E-state index is -0.453. The van der Waals surface area contributed by atoms with Gasteiger partial charge < -0.3 is 15.0 Å². The van der Waals surface area contributed by atoms with Crippen molar-refractivity contribution in [1.29, 1.82) is 0 Å². The summed E-state index contributed by atoms with van der Waals surface area (Å²) in [5.74, 6) is -0.468. The first kappa shape index (κ1) is 15.0. The fourth-order valence-electron chi connectivity index (χ4n) is 3.12. The average Bonchev–Trinajstić information content (AvgIpc) is 3.01. The van der Waals surface area contributed by atoms with Crippen LogP contribution in [0.25, 0.3) is 0 Å². The van der Waals surface area contributed by atoms with Crippen molar-refractivity contribution in [1.82, 2.24) is 10.3 Å². The Kier molecular flexibility index (Phi) is 4.11. The number of aromatic nitrogens is 1. The molecule has 22 heavy (non-hydrogen) atoms. The first-order chi connectivity index (χ1) is 10.6. The maximum absolute atomic E-state index is 12.3. The topological polar surface area (TPSA) is 88.3 Å². The number of carbonyl (C=O) groups is 2. The summed E-state index contributed by atoms with van der Waals surface area (Å²) in [6, 6.07) is 1.27. The van der Waals surface area contributed by atoms with Crippen molar-refractivity contribution in [2.45, 2.75) is 51.2 Å². The normalized spacial score (nSPS) is 22.2. The van der Waals surface area contributed by atoms with Crippen molar-refractivity contribution in [3.8, 4) is 0 Å². The highest BCUT2D eigenvalue weighted by Crippen LogP contribution is 2.19. The molecule has 2 heterocycles. The van der Waals surface area contributed by atoms with E-state index >= 15 is 0 Å². The highest BCUT2D eigenvalue weighted by atomic mass is 16.5. The molecule has 2 aliphatic rings. The lowest BCUT2D eigenvalue weighted by Crippen LogP contribution is -2.42. The number of hydrogen-bond acceptors (Lipinski definition) is 4. The Bertz CT molecular complexity index is 659. The molecule has 6 heteroatoms. The predicted octanol–water partition coefficient (Wildman–Crippen LogP) is 1.19. The molecule has 1 amide bonds. The van der Waals surface area contributed by atoms with E-state index in [2.05, 4.69) is 10.3 Å². The van der Waals surface area contributed by atoms with Crippen LogP contribution in [0, 0.1) is 0 Å². The highest BCUT2D eigenvalue weighted by Gasteiger charge is 2.26. The van der Waals surface area contributed by atoms with Crippen molar-refractivity contribution in [2.24, 2.45) is 0 Å². The second-order valence-electron chi connectivity index (χ2n) is 5.99. The van der Waals surface area contributed by atoms with Crippen LogP contribution in [-0.2, 0) is 11.2 Å². The SMILES string of the molecule is C[C@H](NC(=O)c1cc2c([nH]c1=O)CCCC2=O)[C@@H]1CCCO1. The van der Waals surface area contributed by atoms with E-state index in [0.717, 1.165) is 19.3 Å². The number of rotatable bonds is 3. The standard InChI is InChI=1S/C16H20N2O4/c1-9(14-6-3-7-22-14)17-15(20)11-8-10-12(18-16(11)21)4-2-5-13(10)19/h8-9,14H,2-7H2,1H3,(H,17,20)(H,18,21)/t9-,14-/m0/s1. The number of aryl methyl sites for hydroxylation is 1. The van der Waals surface area contributed by atoms with Crippen LogP contribution in [0.5, 0.6) is 0 Å². The predicted molar refractivity (Wildman–Crippen MR) is 80.2 cm³/mol. The maximum Gasteiger partial charge on any atom is 0.261 e. The van der Waals surface area contributed by atoms with Crippen LogP contribution >= 0.6 is 0 Å². The number of nitrogens with one attached hydrogen (secondary N) is 2. The summed E-state index contributed by atoms with van der Waals surface area (Å²) in [5, 5.41) is 2.81. The quantitative estimate of drug-likeness (QED) is 0.878. The summed E-state index contributed by atoms with van der Waals surface area (Å²) >= 11 is 0. The smallest absolute Gasteiger partial charge is 0.261 e. The molecule has 3 rings (SSSR count). The molecule has 1 fully saturated rings. The molecular formula is C16H20N2O4. The van der Waals surface area contributed by atoms with E-state index in [4.69, 9.17) is 4.74 Å². The van der Waals surface area contributed by atoms with Gasteiger partial charge in [0.1, 0.15) is 5.56 Å². The van der Waals surface area contributed by atoms with Gasteiger partial charge in [-0.05, 0) is 38.7 Å². The minimum absolute atomic E-state index is 0.00107. The lowest BCUT2D eigenvalue weighted by molar-refractivity contribution is 0.0711. The second kappa shape index (κ2) is 6.04. The zero-order chi connectivity index (χ0) is 15.7. The number of pyridine rings is 1. The van der Waals surface area contributed by atoms with Gasteiger partial charge in [0.2, 0.25) is 0 Å². The van der Waals surface area contributed by atoms with E-state index in [9.17, 15) is 14.4 Å². The van der Waals surface area contributed by atoms with Gasteiger partial charge in [-0.25, -0.2) is 0 Å². The summed E-state index contributed by atoms with van der Waals surface area (Å²) in [5.41, 5.74) is 0.676. The van der Waals surface area contributed by atoms with E-state index in [-0.39, 0.29) is 23.5 Å². The summed E-state index contributed by atoms with van der Waals surface area (Å²) < 4.78 is 5.53. The van der Waals surface area contributed by atoms with Gasteiger partial charge in [0.25, 0.3) is 11.5 Å². The van der Waals surface area contributed by atoms with Crippen LogP contribution < -0.4 is 10.9 Å². The second-order valence-corrected chi connectivity index (χ2v) is 5.99. The first-order valence-electron chi connectivity index (χ1n) is 7.78. The van der Waals surface area contributed by atoms with E-state index in [1.165, 1.54) is 6.07 Å². The average molecular weight is 304 g/mol. The summed E-state index contributed by atoms with van der Waals surface area (Å²) in [7, 11) is 0. The van der Waals surface area contributed by atoms with Crippen molar-refractivity contribution in [3.63, 3.8) is 0 Å². The summed E-state index contributed by atoms with van der Waals surface area (Å²) in [4.78, 5) is 39.0. The Morgan fingerprint density at radius 1 is 1.36 bits per heavy atom. The molecule has 0 radical (unpaired) electrons. The van der Waals surface area contributed by atoms with Crippen molar-refractivity contribution in [3.05, 3.63) is 33.2 Å². The van der Waals surface area contributed by atoms with Gasteiger partial charge in [0.05, 0.1) is 12.1 Å². The van der Waals surface area contributed by atoms with E-state index in [1.54, 1.807) is 0 Å². The number of Topliss-reactive ketones (excluding diaryl/α,β-unsaturated/α-hetero) is 1. The Balaban J connectivity index is 1.81. The molecule has 6 nitrogen and oxygen atoms in total. The lowest BCUT2D eigenvalue weighted by Gasteiger charge is -2.20. The first-order valence-corrected chi connectivity index (χ1v) is 7.78. The van der Waals surface area contributed by atoms with Crippen LogP contribution in [0.15, 0.2) is 10.9 Å². The Hall–Kier alpha value is -1.95. The van der Waals surface area contributed by atoms with Crippen molar-refractivity contribution < 1.29 is 14.3 Å². The zero-order valence-corrected chi connectivity index (χ0v) is 12.6. The van der Waals surface area contributed by atoms with Gasteiger partial charge in [-0.2, -0.15) is 0 Å². The number of amides is 1. The maximum atomic E-state index is 12.3. The molecule has 1 aromatic rings. The molecule has 1 aliphatic heterocycles. The molecule has 1 aromatic heterocycles. The van der Waals surface area contributed by atoms with E-state index in [1.807, 2.05) is 6.92 Å². The number of hydrogen-bond donors (Lipinski definition) is 2. The van der Waals surface area contributed by atoms with Crippen LogP contribution in [0.1, 0.15) is 59.0 Å². The number of ether oxygens (including phenoxy) is 1. The van der Waals surface area contributed by atoms with Gasteiger partial charge in [0.15, 0.2) is 5.78 Å². The molecule has 0 unspecified atom stereocenters.